The van der Waals surface area contributed by atoms with Crippen LogP contribution in [0.25, 0.3) is 0 Å². The van der Waals surface area contributed by atoms with Crippen molar-refractivity contribution in [2.45, 2.75) is 30.3 Å². The van der Waals surface area contributed by atoms with Crippen LogP contribution in [0.3, 0.4) is 0 Å². The van der Waals surface area contributed by atoms with Gasteiger partial charge >= 0.3 is 0 Å². The van der Waals surface area contributed by atoms with Crippen LogP contribution in [0.4, 0.5) is 5.69 Å². The summed E-state index contributed by atoms with van der Waals surface area (Å²) in [6, 6.07) is 10.1. The summed E-state index contributed by atoms with van der Waals surface area (Å²) in [5, 5.41) is 16.4. The highest BCUT2D eigenvalue weighted by atomic mass is 32.2. The standard InChI is InChI=1S/C25H33N3O7S/c1-33-23-7-6-19(12-24(23)34-2)36(31,32)28-10-8-17(9-11-28)14-26-15-18(29)16-35-22-5-3-4-21-20(22)13-25(30)27-21/h3-7,12,17-18,26,29H,8-11,13-16H2,1-2H3,(H,27,30)/t18-/m0/s1. The van der Waals surface area contributed by atoms with Crippen LogP contribution in [0.5, 0.6) is 17.2 Å². The van der Waals surface area contributed by atoms with Gasteiger partial charge in [0.15, 0.2) is 11.5 Å². The molecule has 1 fully saturated rings. The summed E-state index contributed by atoms with van der Waals surface area (Å²) in [5.74, 6) is 1.71. The topological polar surface area (TPSA) is 126 Å². The van der Waals surface area contributed by atoms with Crippen LogP contribution in [-0.4, -0.2) is 76.8 Å². The Morgan fingerprint density at radius 1 is 1.11 bits per heavy atom. The number of aliphatic hydroxyl groups is 1. The van der Waals surface area contributed by atoms with Crippen molar-refractivity contribution in [2.24, 2.45) is 5.92 Å². The molecule has 0 spiro atoms. The molecule has 2 aliphatic heterocycles. The summed E-state index contributed by atoms with van der Waals surface area (Å²) in [5.41, 5.74) is 1.57. The fourth-order valence-corrected chi connectivity index (χ4v) is 6.02. The summed E-state index contributed by atoms with van der Waals surface area (Å²) >= 11 is 0. The zero-order valence-electron chi connectivity index (χ0n) is 20.5. The lowest BCUT2D eigenvalue weighted by Crippen LogP contribution is -2.42. The summed E-state index contributed by atoms with van der Waals surface area (Å²) in [6.45, 7) is 2.01. The van der Waals surface area contributed by atoms with Gasteiger partial charge in [-0.2, -0.15) is 4.31 Å². The number of nitrogens with one attached hydrogen (secondary N) is 2. The molecule has 2 aliphatic rings. The van der Waals surface area contributed by atoms with Crippen molar-refractivity contribution in [1.82, 2.24) is 9.62 Å². The van der Waals surface area contributed by atoms with Crippen molar-refractivity contribution < 1.29 is 32.5 Å². The maximum Gasteiger partial charge on any atom is 0.243 e. The molecular weight excluding hydrogens is 486 g/mol. The van der Waals surface area contributed by atoms with Gasteiger partial charge in [-0.3, -0.25) is 4.79 Å². The van der Waals surface area contributed by atoms with E-state index in [1.807, 2.05) is 12.1 Å². The van der Waals surface area contributed by atoms with Crippen LogP contribution in [-0.2, 0) is 21.2 Å². The minimum Gasteiger partial charge on any atom is -0.493 e. The molecule has 196 valence electrons. The maximum atomic E-state index is 13.1. The van der Waals surface area contributed by atoms with Gasteiger partial charge in [0.1, 0.15) is 18.5 Å². The molecule has 2 aromatic rings. The van der Waals surface area contributed by atoms with E-state index in [1.54, 1.807) is 12.1 Å². The molecule has 3 N–H and O–H groups in total. The van der Waals surface area contributed by atoms with E-state index in [4.69, 9.17) is 14.2 Å². The second-order valence-corrected chi connectivity index (χ2v) is 10.9. The number of rotatable bonds is 11. The average molecular weight is 520 g/mol. The van der Waals surface area contributed by atoms with E-state index in [1.165, 1.54) is 30.7 Å². The van der Waals surface area contributed by atoms with Gasteiger partial charge in [-0.25, -0.2) is 8.42 Å². The zero-order chi connectivity index (χ0) is 25.7. The Morgan fingerprint density at radius 2 is 1.86 bits per heavy atom. The largest absolute Gasteiger partial charge is 0.493 e. The molecule has 2 heterocycles. The quantitative estimate of drug-likeness (QED) is 0.409. The van der Waals surface area contributed by atoms with E-state index >= 15 is 0 Å². The van der Waals surface area contributed by atoms with Gasteiger partial charge in [0.25, 0.3) is 0 Å². The molecule has 36 heavy (non-hydrogen) atoms. The number of carbonyl (C=O) groups is 1. The molecule has 1 saturated heterocycles. The van der Waals surface area contributed by atoms with Gasteiger partial charge < -0.3 is 30.0 Å². The number of benzene rings is 2. The number of methoxy groups -OCH3 is 2. The molecule has 10 nitrogen and oxygen atoms in total. The summed E-state index contributed by atoms with van der Waals surface area (Å²) in [7, 11) is -0.642. The number of fused-ring (bicyclic) bond motifs is 1. The predicted molar refractivity (Wildman–Crippen MR) is 134 cm³/mol. The first-order valence-corrected chi connectivity index (χ1v) is 13.4. The molecule has 1 atom stereocenters. The minimum atomic E-state index is -3.62. The number of piperidine rings is 1. The zero-order valence-corrected chi connectivity index (χ0v) is 21.3. The van der Waals surface area contributed by atoms with Crippen molar-refractivity contribution in [3.05, 3.63) is 42.0 Å². The highest BCUT2D eigenvalue weighted by molar-refractivity contribution is 7.89. The van der Waals surface area contributed by atoms with Crippen molar-refractivity contribution >= 4 is 21.6 Å². The van der Waals surface area contributed by atoms with E-state index in [2.05, 4.69) is 10.6 Å². The van der Waals surface area contributed by atoms with Gasteiger partial charge in [0, 0.05) is 37.0 Å². The fraction of sp³-hybridized carbons (Fsp3) is 0.480. The van der Waals surface area contributed by atoms with Gasteiger partial charge in [0.05, 0.1) is 25.5 Å². The van der Waals surface area contributed by atoms with E-state index < -0.39 is 16.1 Å². The number of sulfonamides is 1. The van der Waals surface area contributed by atoms with Crippen LogP contribution in [0.1, 0.15) is 18.4 Å². The molecule has 0 aromatic heterocycles. The second kappa shape index (κ2) is 11.5. The number of aliphatic hydroxyl groups excluding tert-OH is 1. The smallest absolute Gasteiger partial charge is 0.243 e. The van der Waals surface area contributed by atoms with Gasteiger partial charge in [-0.15, -0.1) is 0 Å². The van der Waals surface area contributed by atoms with Crippen molar-refractivity contribution in [3.63, 3.8) is 0 Å². The Balaban J connectivity index is 1.20. The maximum absolute atomic E-state index is 13.1. The normalized spacial score (nSPS) is 17.4. The lowest BCUT2D eigenvalue weighted by molar-refractivity contribution is -0.115. The van der Waals surface area contributed by atoms with Crippen LogP contribution < -0.4 is 24.8 Å². The van der Waals surface area contributed by atoms with Crippen LogP contribution in [0, 0.1) is 5.92 Å². The molecule has 1 amide bonds. The third-order valence-corrected chi connectivity index (χ3v) is 8.45. The minimum absolute atomic E-state index is 0.0640. The summed E-state index contributed by atoms with van der Waals surface area (Å²) in [6.07, 6.45) is 1.02. The SMILES string of the molecule is COc1ccc(S(=O)(=O)N2CCC(CNC[C@H](O)COc3cccc4c3CC(=O)N4)CC2)cc1OC. The first kappa shape index (κ1) is 26.2. The third kappa shape index (κ3) is 5.92. The molecule has 2 aromatic carbocycles. The Hall–Kier alpha value is -2.86. The summed E-state index contributed by atoms with van der Waals surface area (Å²) < 4.78 is 43.9. The third-order valence-electron chi connectivity index (χ3n) is 6.55. The molecule has 0 saturated carbocycles. The average Bonchev–Trinajstić information content (AvgIpc) is 3.28. The molecule has 11 heteroatoms. The first-order chi connectivity index (χ1) is 17.3. The number of carbonyl (C=O) groups excluding carboxylic acids is 1. The highest BCUT2D eigenvalue weighted by Crippen LogP contribution is 2.33. The Morgan fingerprint density at radius 3 is 2.58 bits per heavy atom. The Labute approximate surface area is 211 Å². The monoisotopic (exact) mass is 519 g/mol. The predicted octanol–water partition coefficient (Wildman–Crippen LogP) is 1.63. The highest BCUT2D eigenvalue weighted by Gasteiger charge is 2.30. The van der Waals surface area contributed by atoms with Crippen molar-refractivity contribution in [3.8, 4) is 17.2 Å². The van der Waals surface area contributed by atoms with Crippen molar-refractivity contribution in [2.75, 3.05) is 52.3 Å². The van der Waals surface area contributed by atoms with Crippen LogP contribution >= 0.6 is 0 Å². The molecule has 0 aliphatic carbocycles. The second-order valence-electron chi connectivity index (χ2n) is 8.99. The lowest BCUT2D eigenvalue weighted by Gasteiger charge is -2.31. The summed E-state index contributed by atoms with van der Waals surface area (Å²) in [4.78, 5) is 11.8. The van der Waals surface area contributed by atoms with Gasteiger partial charge in [0.2, 0.25) is 15.9 Å². The van der Waals surface area contributed by atoms with Gasteiger partial charge in [-0.05, 0) is 49.6 Å². The first-order valence-electron chi connectivity index (χ1n) is 12.0. The molecule has 4 rings (SSSR count). The molecule has 0 unspecified atom stereocenters. The number of anilines is 1. The molecule has 0 bridgehead atoms. The van der Waals surface area contributed by atoms with Crippen molar-refractivity contribution in [1.29, 1.82) is 0 Å². The number of amides is 1. The number of hydrogen-bond acceptors (Lipinski definition) is 8. The number of ether oxygens (including phenoxy) is 3. The lowest BCUT2D eigenvalue weighted by atomic mass is 9.98. The van der Waals surface area contributed by atoms with E-state index in [9.17, 15) is 18.3 Å². The van der Waals surface area contributed by atoms with E-state index in [-0.39, 0.29) is 23.8 Å². The van der Waals surface area contributed by atoms with E-state index in [0.29, 0.717) is 49.3 Å². The molecule has 0 radical (unpaired) electrons. The number of hydrogen-bond donors (Lipinski definition) is 3. The van der Waals surface area contributed by atoms with Gasteiger partial charge in [-0.1, -0.05) is 6.07 Å². The van der Waals surface area contributed by atoms with E-state index in [0.717, 1.165) is 24.1 Å². The fourth-order valence-electron chi connectivity index (χ4n) is 4.53. The Bertz CT molecular complexity index is 1180. The van der Waals surface area contributed by atoms with Crippen LogP contribution in [0.2, 0.25) is 0 Å². The number of nitrogens with zero attached hydrogens (tertiary/aromatic N) is 1. The Kier molecular flexibility index (Phi) is 8.35. The molecular formula is C25H33N3O7S. The van der Waals surface area contributed by atoms with Crippen LogP contribution in [0.15, 0.2) is 41.3 Å².